The molecule has 0 radical (unpaired) electrons. The van der Waals surface area contributed by atoms with Gasteiger partial charge in [-0.1, -0.05) is 46.5 Å². The van der Waals surface area contributed by atoms with Crippen molar-refractivity contribution >= 4 is 0 Å². The summed E-state index contributed by atoms with van der Waals surface area (Å²) in [4.78, 5) is 0. The van der Waals surface area contributed by atoms with Crippen molar-refractivity contribution in [3.8, 4) is 0 Å². The average molecular weight is 184 g/mol. The van der Waals surface area contributed by atoms with E-state index in [4.69, 9.17) is 0 Å². The highest BCUT2D eigenvalue weighted by molar-refractivity contribution is 4.89. The number of rotatable bonds is 4. The molecule has 0 aromatic carbocycles. The quantitative estimate of drug-likeness (QED) is 0.710. The largest absolute Gasteiger partial charge is 0.392 e. The van der Waals surface area contributed by atoms with E-state index in [9.17, 15) is 5.11 Å². The summed E-state index contributed by atoms with van der Waals surface area (Å²) >= 11 is 0. The fourth-order valence-corrected chi connectivity index (χ4v) is 2.78. The fourth-order valence-electron chi connectivity index (χ4n) is 2.78. The molecule has 1 fully saturated rings. The molecule has 0 aromatic heterocycles. The van der Waals surface area contributed by atoms with Crippen LogP contribution in [0.4, 0.5) is 0 Å². The minimum absolute atomic E-state index is 0.0648. The van der Waals surface area contributed by atoms with Crippen LogP contribution in [0.3, 0.4) is 0 Å². The molecule has 1 N–H and O–H groups in total. The van der Waals surface area contributed by atoms with E-state index in [1.54, 1.807) is 0 Å². The highest BCUT2D eigenvalue weighted by Gasteiger charge is 2.38. The summed E-state index contributed by atoms with van der Waals surface area (Å²) in [5.74, 6) is 0.517. The van der Waals surface area contributed by atoms with Gasteiger partial charge in [-0.2, -0.15) is 0 Å². The highest BCUT2D eigenvalue weighted by atomic mass is 16.3. The van der Waals surface area contributed by atoms with Crippen molar-refractivity contribution in [3.05, 3.63) is 0 Å². The van der Waals surface area contributed by atoms with Crippen LogP contribution in [-0.2, 0) is 0 Å². The van der Waals surface area contributed by atoms with Crippen molar-refractivity contribution in [2.24, 2.45) is 11.3 Å². The Balaban J connectivity index is 2.58. The van der Waals surface area contributed by atoms with Crippen molar-refractivity contribution in [1.29, 1.82) is 0 Å². The molecule has 1 nitrogen and oxygen atoms in total. The molecule has 1 aliphatic carbocycles. The number of hydrogen-bond donors (Lipinski definition) is 1. The molecule has 0 spiro atoms. The van der Waals surface area contributed by atoms with Gasteiger partial charge >= 0.3 is 0 Å². The minimum atomic E-state index is -0.0648. The van der Waals surface area contributed by atoms with Crippen LogP contribution in [0.2, 0.25) is 0 Å². The van der Waals surface area contributed by atoms with Gasteiger partial charge in [0.2, 0.25) is 0 Å². The standard InChI is InChI=1S/C12H24O/c1-4-10(5-2)11(13)12(3)8-6-7-9-12/h10-11,13H,4-9H2,1-3H3. The third-order valence-corrected chi connectivity index (χ3v) is 3.96. The zero-order valence-electron chi connectivity index (χ0n) is 9.34. The fraction of sp³-hybridized carbons (Fsp3) is 1.00. The minimum Gasteiger partial charge on any atom is -0.392 e. The maximum absolute atomic E-state index is 10.3. The summed E-state index contributed by atoms with van der Waals surface area (Å²) in [7, 11) is 0. The Bertz CT molecular complexity index is 143. The van der Waals surface area contributed by atoms with Crippen LogP contribution < -0.4 is 0 Å². The van der Waals surface area contributed by atoms with Crippen molar-refractivity contribution < 1.29 is 5.11 Å². The molecule has 0 amide bonds. The lowest BCUT2D eigenvalue weighted by Gasteiger charge is -2.35. The van der Waals surface area contributed by atoms with E-state index < -0.39 is 0 Å². The first-order chi connectivity index (χ1) is 6.14. The monoisotopic (exact) mass is 184 g/mol. The SMILES string of the molecule is CCC(CC)C(O)C1(C)CCCC1. The molecule has 0 aliphatic heterocycles. The van der Waals surface area contributed by atoms with Gasteiger partial charge in [-0.05, 0) is 24.2 Å². The Morgan fingerprint density at radius 2 is 1.62 bits per heavy atom. The lowest BCUT2D eigenvalue weighted by Crippen LogP contribution is -2.35. The maximum atomic E-state index is 10.3. The Morgan fingerprint density at radius 3 is 2.00 bits per heavy atom. The van der Waals surface area contributed by atoms with E-state index in [0.717, 1.165) is 12.8 Å². The van der Waals surface area contributed by atoms with E-state index in [0.29, 0.717) is 5.92 Å². The molecule has 78 valence electrons. The molecule has 1 atom stereocenters. The predicted molar refractivity (Wildman–Crippen MR) is 56.7 cm³/mol. The summed E-state index contributed by atoms with van der Waals surface area (Å²) in [6.45, 7) is 6.65. The first kappa shape index (κ1) is 11.0. The van der Waals surface area contributed by atoms with Gasteiger partial charge in [0.1, 0.15) is 0 Å². The van der Waals surface area contributed by atoms with Gasteiger partial charge in [-0.15, -0.1) is 0 Å². The van der Waals surface area contributed by atoms with Crippen LogP contribution in [0.1, 0.15) is 59.3 Å². The zero-order valence-corrected chi connectivity index (χ0v) is 9.34. The van der Waals surface area contributed by atoms with Gasteiger partial charge < -0.3 is 5.11 Å². The van der Waals surface area contributed by atoms with Crippen LogP contribution in [0.25, 0.3) is 0 Å². The van der Waals surface area contributed by atoms with Crippen LogP contribution in [0.15, 0.2) is 0 Å². The summed E-state index contributed by atoms with van der Waals surface area (Å²) in [6.07, 6.45) is 7.25. The van der Waals surface area contributed by atoms with Crippen molar-refractivity contribution in [1.82, 2.24) is 0 Å². The third kappa shape index (κ3) is 2.25. The van der Waals surface area contributed by atoms with Crippen LogP contribution in [0.5, 0.6) is 0 Å². The van der Waals surface area contributed by atoms with E-state index in [-0.39, 0.29) is 11.5 Å². The van der Waals surface area contributed by atoms with Gasteiger partial charge in [0.05, 0.1) is 6.10 Å². The lowest BCUT2D eigenvalue weighted by atomic mass is 9.75. The molecule has 1 aliphatic rings. The molecular formula is C12H24O. The van der Waals surface area contributed by atoms with Crippen molar-refractivity contribution in [2.75, 3.05) is 0 Å². The van der Waals surface area contributed by atoms with Crippen LogP contribution in [0, 0.1) is 11.3 Å². The van der Waals surface area contributed by atoms with E-state index in [1.165, 1.54) is 25.7 Å². The zero-order chi connectivity index (χ0) is 9.90. The van der Waals surface area contributed by atoms with Gasteiger partial charge in [0.15, 0.2) is 0 Å². The molecule has 1 unspecified atom stereocenters. The Hall–Kier alpha value is -0.0400. The van der Waals surface area contributed by atoms with Crippen LogP contribution >= 0.6 is 0 Å². The van der Waals surface area contributed by atoms with Gasteiger partial charge in [0.25, 0.3) is 0 Å². The first-order valence-corrected chi connectivity index (χ1v) is 5.82. The number of aliphatic hydroxyl groups excluding tert-OH is 1. The summed E-state index contributed by atoms with van der Waals surface area (Å²) in [5, 5.41) is 10.3. The van der Waals surface area contributed by atoms with Crippen molar-refractivity contribution in [2.45, 2.75) is 65.4 Å². The summed E-state index contributed by atoms with van der Waals surface area (Å²) in [5.41, 5.74) is 0.233. The normalized spacial score (nSPS) is 23.8. The maximum Gasteiger partial charge on any atom is 0.0621 e. The Kier molecular flexibility index (Phi) is 3.78. The Morgan fingerprint density at radius 1 is 1.15 bits per heavy atom. The third-order valence-electron chi connectivity index (χ3n) is 3.96. The van der Waals surface area contributed by atoms with E-state index in [1.807, 2.05) is 0 Å². The van der Waals surface area contributed by atoms with Gasteiger partial charge in [-0.25, -0.2) is 0 Å². The second kappa shape index (κ2) is 4.45. The molecule has 13 heavy (non-hydrogen) atoms. The molecule has 1 saturated carbocycles. The highest BCUT2D eigenvalue weighted by Crippen LogP contribution is 2.43. The predicted octanol–water partition coefficient (Wildman–Crippen LogP) is 3.36. The molecule has 0 saturated heterocycles. The van der Waals surface area contributed by atoms with Crippen LogP contribution in [-0.4, -0.2) is 11.2 Å². The van der Waals surface area contributed by atoms with Gasteiger partial charge in [0, 0.05) is 0 Å². The number of hydrogen-bond acceptors (Lipinski definition) is 1. The molecule has 1 heteroatoms. The second-order valence-electron chi connectivity index (χ2n) is 4.88. The van der Waals surface area contributed by atoms with Crippen molar-refractivity contribution in [3.63, 3.8) is 0 Å². The number of aliphatic hydroxyl groups is 1. The first-order valence-electron chi connectivity index (χ1n) is 5.82. The average Bonchev–Trinajstić information content (AvgIpc) is 2.55. The smallest absolute Gasteiger partial charge is 0.0621 e. The molecule has 0 bridgehead atoms. The van der Waals surface area contributed by atoms with E-state index in [2.05, 4.69) is 20.8 Å². The second-order valence-corrected chi connectivity index (χ2v) is 4.88. The molecule has 0 aromatic rings. The topological polar surface area (TPSA) is 20.2 Å². The molecular weight excluding hydrogens is 160 g/mol. The summed E-state index contributed by atoms with van der Waals surface area (Å²) < 4.78 is 0. The molecule has 1 rings (SSSR count). The molecule has 0 heterocycles. The lowest BCUT2D eigenvalue weighted by molar-refractivity contribution is -0.00841. The summed E-state index contributed by atoms with van der Waals surface area (Å²) in [6, 6.07) is 0. The van der Waals surface area contributed by atoms with E-state index >= 15 is 0 Å². The van der Waals surface area contributed by atoms with Gasteiger partial charge in [-0.3, -0.25) is 0 Å². The Labute approximate surface area is 82.5 Å².